The first-order chi connectivity index (χ1) is 13.8. The van der Waals surface area contributed by atoms with Gasteiger partial charge in [-0.25, -0.2) is 0 Å². The average molecular weight is 455 g/mol. The molecule has 0 N–H and O–H groups in total. The van der Waals surface area contributed by atoms with Crippen molar-refractivity contribution >= 4 is 46.5 Å². The molecule has 0 saturated carbocycles. The first kappa shape index (κ1) is 20.3. The number of ether oxygens (including phenoxy) is 2. The number of rotatable bonds is 3. The molecule has 1 saturated heterocycles. The van der Waals surface area contributed by atoms with Crippen LogP contribution in [0.2, 0.25) is 15.1 Å². The topological polar surface area (TPSA) is 55.8 Å². The Kier molecular flexibility index (Phi) is 5.65. The van der Waals surface area contributed by atoms with Crippen LogP contribution in [0.25, 0.3) is 0 Å². The molecule has 29 heavy (non-hydrogen) atoms. The first-order valence-corrected chi connectivity index (χ1v) is 10.4. The van der Waals surface area contributed by atoms with Crippen molar-refractivity contribution < 1.29 is 19.1 Å². The zero-order chi connectivity index (χ0) is 20.6. The van der Waals surface area contributed by atoms with Crippen molar-refractivity contribution in [2.45, 2.75) is 24.9 Å². The molecule has 2 aliphatic heterocycles. The van der Waals surface area contributed by atoms with E-state index < -0.39 is 5.60 Å². The highest BCUT2D eigenvalue weighted by Crippen LogP contribution is 2.40. The molecule has 5 nitrogen and oxygen atoms in total. The molecule has 2 aromatic rings. The van der Waals surface area contributed by atoms with Crippen molar-refractivity contribution in [3.05, 3.63) is 57.0 Å². The number of piperidine rings is 1. The molecule has 0 bridgehead atoms. The maximum atomic E-state index is 12.6. The van der Waals surface area contributed by atoms with Gasteiger partial charge in [-0.2, -0.15) is 0 Å². The van der Waals surface area contributed by atoms with Gasteiger partial charge in [-0.1, -0.05) is 34.8 Å². The number of hydrogen-bond acceptors (Lipinski definition) is 4. The summed E-state index contributed by atoms with van der Waals surface area (Å²) in [6, 6.07) is 9.94. The number of fused-ring (bicyclic) bond motifs is 1. The van der Waals surface area contributed by atoms with Crippen LogP contribution in [0.5, 0.6) is 11.5 Å². The predicted octanol–water partition coefficient (Wildman–Crippen LogP) is 5.05. The van der Waals surface area contributed by atoms with Crippen molar-refractivity contribution in [1.29, 1.82) is 0 Å². The van der Waals surface area contributed by atoms with E-state index in [1.54, 1.807) is 41.3 Å². The highest BCUT2D eigenvalue weighted by Gasteiger charge is 2.43. The molecular formula is C21H18Cl3NO4. The van der Waals surface area contributed by atoms with Gasteiger partial charge < -0.3 is 14.4 Å². The second-order valence-electron chi connectivity index (χ2n) is 7.27. The first-order valence-electron chi connectivity index (χ1n) is 9.23. The summed E-state index contributed by atoms with van der Waals surface area (Å²) in [4.78, 5) is 26.8. The van der Waals surface area contributed by atoms with Gasteiger partial charge in [0.25, 0.3) is 5.91 Å². The van der Waals surface area contributed by atoms with Crippen LogP contribution in [0.1, 0.15) is 29.6 Å². The maximum Gasteiger partial charge on any atom is 0.260 e. The predicted molar refractivity (Wildman–Crippen MR) is 112 cm³/mol. The quantitative estimate of drug-likeness (QED) is 0.651. The van der Waals surface area contributed by atoms with Crippen molar-refractivity contribution in [2.24, 2.45) is 0 Å². The third-order valence-electron chi connectivity index (χ3n) is 5.32. The summed E-state index contributed by atoms with van der Waals surface area (Å²) in [7, 11) is 0. The fourth-order valence-corrected chi connectivity index (χ4v) is 4.37. The van der Waals surface area contributed by atoms with Crippen molar-refractivity contribution in [1.82, 2.24) is 4.90 Å². The summed E-state index contributed by atoms with van der Waals surface area (Å²) >= 11 is 17.9. The molecule has 2 aliphatic rings. The van der Waals surface area contributed by atoms with E-state index in [0.717, 1.165) is 0 Å². The molecule has 0 radical (unpaired) electrons. The molecule has 1 amide bonds. The Balaban J connectivity index is 1.36. The fraction of sp³-hybridized carbons (Fsp3) is 0.333. The number of ketones is 1. The maximum absolute atomic E-state index is 12.6. The average Bonchev–Trinajstić information content (AvgIpc) is 2.68. The van der Waals surface area contributed by atoms with Crippen molar-refractivity contribution in [2.75, 3.05) is 19.7 Å². The van der Waals surface area contributed by atoms with Crippen molar-refractivity contribution in [3.8, 4) is 11.5 Å². The number of amides is 1. The molecule has 0 atom stereocenters. The van der Waals surface area contributed by atoms with Gasteiger partial charge in [0, 0.05) is 36.0 Å². The Bertz CT molecular complexity index is 970. The zero-order valence-electron chi connectivity index (χ0n) is 15.4. The van der Waals surface area contributed by atoms with Crippen LogP contribution in [-0.2, 0) is 4.79 Å². The largest absolute Gasteiger partial charge is 0.486 e. The normalized spacial score (nSPS) is 17.6. The highest BCUT2D eigenvalue weighted by atomic mass is 35.5. The van der Waals surface area contributed by atoms with E-state index in [-0.39, 0.29) is 18.3 Å². The summed E-state index contributed by atoms with van der Waals surface area (Å²) in [5.74, 6) is 0.856. The van der Waals surface area contributed by atoms with Crippen LogP contribution in [0.4, 0.5) is 0 Å². The van der Waals surface area contributed by atoms with Crippen LogP contribution in [0.3, 0.4) is 0 Å². The summed E-state index contributed by atoms with van der Waals surface area (Å²) in [5.41, 5.74) is -0.0513. The third kappa shape index (κ3) is 4.32. The second-order valence-corrected chi connectivity index (χ2v) is 8.55. The van der Waals surface area contributed by atoms with Crippen LogP contribution < -0.4 is 9.47 Å². The molecule has 0 aromatic heterocycles. The molecular weight excluding hydrogens is 437 g/mol. The lowest BCUT2D eigenvalue weighted by Crippen LogP contribution is -2.53. The smallest absolute Gasteiger partial charge is 0.260 e. The minimum absolute atomic E-state index is 0.0224. The molecule has 8 heteroatoms. The van der Waals surface area contributed by atoms with Gasteiger partial charge in [-0.15, -0.1) is 0 Å². The molecule has 4 rings (SSSR count). The van der Waals surface area contributed by atoms with Crippen LogP contribution >= 0.6 is 34.8 Å². The van der Waals surface area contributed by atoms with E-state index in [4.69, 9.17) is 44.3 Å². The fourth-order valence-electron chi connectivity index (χ4n) is 3.73. The molecule has 0 aliphatic carbocycles. The Morgan fingerprint density at radius 2 is 1.76 bits per heavy atom. The summed E-state index contributed by atoms with van der Waals surface area (Å²) in [5, 5.41) is 1.37. The summed E-state index contributed by atoms with van der Waals surface area (Å²) in [6.07, 6.45) is 1.45. The number of likely N-dealkylation sites (tertiary alicyclic amines) is 1. The van der Waals surface area contributed by atoms with Crippen LogP contribution in [0, 0.1) is 0 Å². The molecule has 1 fully saturated rings. The molecule has 152 valence electrons. The third-order valence-corrected chi connectivity index (χ3v) is 6.09. The van der Waals surface area contributed by atoms with Crippen LogP contribution in [-0.4, -0.2) is 41.9 Å². The summed E-state index contributed by atoms with van der Waals surface area (Å²) < 4.78 is 11.7. The SMILES string of the molecule is O=C1CC2(CCN(C(=O)COc3ccc(Cl)cc3Cl)CC2)Oc2ccc(Cl)cc21. The lowest BCUT2D eigenvalue weighted by atomic mass is 9.82. The Morgan fingerprint density at radius 3 is 2.48 bits per heavy atom. The van der Waals surface area contributed by atoms with E-state index in [2.05, 4.69) is 0 Å². The van der Waals surface area contributed by atoms with Gasteiger partial charge in [-0.3, -0.25) is 9.59 Å². The van der Waals surface area contributed by atoms with Crippen molar-refractivity contribution in [3.63, 3.8) is 0 Å². The van der Waals surface area contributed by atoms with Gasteiger partial charge >= 0.3 is 0 Å². The number of Topliss-reactive ketones (excluding diaryl/α,β-unsaturated/α-hetero) is 1. The number of halogens is 3. The van der Waals surface area contributed by atoms with Gasteiger partial charge in [-0.05, 0) is 36.4 Å². The number of hydrogen-bond donors (Lipinski definition) is 0. The number of carbonyl (C=O) groups excluding carboxylic acids is 2. The molecule has 1 spiro atoms. The lowest BCUT2D eigenvalue weighted by molar-refractivity contribution is -0.136. The number of nitrogens with zero attached hydrogens (tertiary/aromatic N) is 1. The zero-order valence-corrected chi connectivity index (χ0v) is 17.7. The summed E-state index contributed by atoms with van der Waals surface area (Å²) in [6.45, 7) is 0.870. The van der Waals surface area contributed by atoms with Gasteiger partial charge in [0.15, 0.2) is 12.4 Å². The Morgan fingerprint density at radius 1 is 1.07 bits per heavy atom. The van der Waals surface area contributed by atoms with E-state index in [1.807, 2.05) is 0 Å². The van der Waals surface area contributed by atoms with E-state index in [0.29, 0.717) is 64.5 Å². The van der Waals surface area contributed by atoms with Gasteiger partial charge in [0.2, 0.25) is 0 Å². The van der Waals surface area contributed by atoms with Gasteiger partial charge in [0.05, 0.1) is 17.0 Å². The Hall–Kier alpha value is -1.95. The second kappa shape index (κ2) is 8.05. The molecule has 2 heterocycles. The Labute approximate surface area is 183 Å². The molecule has 2 aromatic carbocycles. The monoisotopic (exact) mass is 453 g/mol. The lowest BCUT2D eigenvalue weighted by Gasteiger charge is -2.43. The van der Waals surface area contributed by atoms with E-state index >= 15 is 0 Å². The standard InChI is InChI=1S/C21H18Cl3NO4/c22-13-1-3-18-15(9-13)17(26)11-21(29-18)5-7-25(8-6-21)20(27)12-28-19-4-2-14(23)10-16(19)24/h1-4,9-10H,5-8,11-12H2. The van der Waals surface area contributed by atoms with Crippen LogP contribution in [0.15, 0.2) is 36.4 Å². The highest BCUT2D eigenvalue weighted by molar-refractivity contribution is 6.35. The molecule has 0 unspecified atom stereocenters. The van der Waals surface area contributed by atoms with Gasteiger partial charge in [0.1, 0.15) is 17.1 Å². The minimum Gasteiger partial charge on any atom is -0.486 e. The van der Waals surface area contributed by atoms with E-state index in [9.17, 15) is 9.59 Å². The van der Waals surface area contributed by atoms with E-state index in [1.165, 1.54) is 0 Å². The number of carbonyl (C=O) groups is 2. The number of benzene rings is 2. The minimum atomic E-state index is -0.574.